The molecular weight excluding hydrogens is 444 g/mol. The van der Waals surface area contributed by atoms with Crippen LogP contribution in [0.25, 0.3) is 0 Å². The van der Waals surface area contributed by atoms with Crippen molar-refractivity contribution < 1.29 is 23.8 Å². The molecule has 1 fully saturated rings. The Balaban J connectivity index is 1.28. The zero-order valence-corrected chi connectivity index (χ0v) is 20.8. The number of unbranched alkanes of at least 4 members (excludes halogenated alkanes) is 1. The number of ketones is 1. The molecule has 1 N–H and O–H groups in total. The van der Waals surface area contributed by atoms with E-state index in [1.165, 1.54) is 12.8 Å². The molecule has 4 rings (SSSR count). The van der Waals surface area contributed by atoms with E-state index in [1.807, 2.05) is 18.2 Å². The highest BCUT2D eigenvalue weighted by Gasteiger charge is 2.28. The zero-order chi connectivity index (χ0) is 24.6. The molecule has 2 aliphatic heterocycles. The Kier molecular flexibility index (Phi) is 8.64. The fraction of sp³-hybridized carbons (Fsp3) is 0.500. The fourth-order valence-corrected chi connectivity index (χ4v) is 4.84. The standard InChI is InChI=1S/C28H36N2O5/c1-20(30-15-5-6-16-30)24(17-21-9-14-26-27(18-21)35-19-34-26)29-28(32)8-4-3-7-25(31)22-10-12-23(33-2)13-11-22/h9-14,18,20,24H,3-8,15-17,19H2,1-2H3,(H,29,32)/t20-,24?/m1/s1. The lowest BCUT2D eigenvalue weighted by atomic mass is 9.98. The van der Waals surface area contributed by atoms with E-state index < -0.39 is 0 Å². The molecule has 35 heavy (non-hydrogen) atoms. The Bertz CT molecular complexity index is 1000. The van der Waals surface area contributed by atoms with E-state index >= 15 is 0 Å². The molecule has 7 heteroatoms. The molecule has 2 aliphatic rings. The number of carbonyl (C=O) groups is 2. The summed E-state index contributed by atoms with van der Waals surface area (Å²) in [5.74, 6) is 2.40. The van der Waals surface area contributed by atoms with Gasteiger partial charge in [0.15, 0.2) is 17.3 Å². The van der Waals surface area contributed by atoms with E-state index in [2.05, 4.69) is 17.1 Å². The van der Waals surface area contributed by atoms with E-state index in [4.69, 9.17) is 14.2 Å². The van der Waals surface area contributed by atoms with Gasteiger partial charge in [-0.3, -0.25) is 14.5 Å². The molecule has 2 aromatic carbocycles. The molecule has 188 valence electrons. The Hall–Kier alpha value is -3.06. The maximum Gasteiger partial charge on any atom is 0.231 e. The van der Waals surface area contributed by atoms with Crippen molar-refractivity contribution in [2.75, 3.05) is 27.0 Å². The summed E-state index contributed by atoms with van der Waals surface area (Å²) in [6.45, 7) is 4.60. The third kappa shape index (κ3) is 6.75. The van der Waals surface area contributed by atoms with Crippen LogP contribution in [0.1, 0.15) is 61.4 Å². The second kappa shape index (κ2) is 12.1. The number of carbonyl (C=O) groups excluding carboxylic acids is 2. The van der Waals surface area contributed by atoms with Crippen molar-refractivity contribution in [3.8, 4) is 17.2 Å². The van der Waals surface area contributed by atoms with Crippen LogP contribution in [0.15, 0.2) is 42.5 Å². The zero-order valence-electron chi connectivity index (χ0n) is 20.8. The van der Waals surface area contributed by atoms with Gasteiger partial charge >= 0.3 is 0 Å². The third-order valence-corrected chi connectivity index (χ3v) is 7.01. The Morgan fingerprint density at radius 1 is 1.00 bits per heavy atom. The molecule has 0 bridgehead atoms. The van der Waals surface area contributed by atoms with Gasteiger partial charge in [-0.15, -0.1) is 0 Å². The number of hydrogen-bond acceptors (Lipinski definition) is 6. The molecule has 0 radical (unpaired) electrons. The number of methoxy groups -OCH3 is 1. The number of likely N-dealkylation sites (tertiary alicyclic amines) is 1. The van der Waals surface area contributed by atoms with Gasteiger partial charge in [-0.1, -0.05) is 6.07 Å². The summed E-state index contributed by atoms with van der Waals surface area (Å²) in [7, 11) is 1.60. The summed E-state index contributed by atoms with van der Waals surface area (Å²) in [6, 6.07) is 13.4. The number of Topliss-reactive ketones (excluding diaryl/α,β-unsaturated/α-hetero) is 1. The predicted octanol–water partition coefficient (Wildman–Crippen LogP) is 4.38. The molecule has 0 spiro atoms. The molecule has 7 nitrogen and oxygen atoms in total. The maximum atomic E-state index is 12.9. The van der Waals surface area contributed by atoms with Gasteiger partial charge in [0, 0.05) is 30.5 Å². The molecule has 1 unspecified atom stereocenters. The van der Waals surface area contributed by atoms with Crippen LogP contribution in [0.3, 0.4) is 0 Å². The molecule has 0 saturated carbocycles. The first-order valence-electron chi connectivity index (χ1n) is 12.6. The first-order valence-corrected chi connectivity index (χ1v) is 12.6. The highest BCUT2D eigenvalue weighted by atomic mass is 16.7. The first kappa shape index (κ1) is 25.0. The van der Waals surface area contributed by atoms with Gasteiger partial charge in [-0.05, 0) is 94.1 Å². The second-order valence-corrected chi connectivity index (χ2v) is 9.41. The average molecular weight is 481 g/mol. The van der Waals surface area contributed by atoms with Gasteiger partial charge in [0.2, 0.25) is 12.7 Å². The summed E-state index contributed by atoms with van der Waals surface area (Å²) in [6.07, 6.45) is 5.37. The van der Waals surface area contributed by atoms with Crippen molar-refractivity contribution in [3.63, 3.8) is 0 Å². The fourth-order valence-electron chi connectivity index (χ4n) is 4.84. The average Bonchev–Trinajstić information content (AvgIpc) is 3.58. The molecule has 1 amide bonds. The first-order chi connectivity index (χ1) is 17.0. The number of ether oxygens (including phenoxy) is 3. The van der Waals surface area contributed by atoms with Gasteiger partial charge in [0.1, 0.15) is 5.75 Å². The van der Waals surface area contributed by atoms with Crippen LogP contribution in [0.4, 0.5) is 0 Å². The van der Waals surface area contributed by atoms with Crippen LogP contribution in [0, 0.1) is 0 Å². The number of nitrogens with zero attached hydrogens (tertiary/aromatic N) is 1. The normalized spacial score (nSPS) is 16.6. The van der Waals surface area contributed by atoms with Crippen molar-refractivity contribution in [1.29, 1.82) is 0 Å². The van der Waals surface area contributed by atoms with Crippen molar-refractivity contribution >= 4 is 11.7 Å². The Morgan fingerprint density at radius 2 is 1.71 bits per heavy atom. The topological polar surface area (TPSA) is 77.1 Å². The summed E-state index contributed by atoms with van der Waals surface area (Å²) in [5, 5.41) is 3.29. The van der Waals surface area contributed by atoms with Gasteiger partial charge in [-0.25, -0.2) is 0 Å². The number of rotatable bonds is 12. The minimum absolute atomic E-state index is 0.00176. The largest absolute Gasteiger partial charge is 0.497 e. The van der Waals surface area contributed by atoms with Gasteiger partial charge in [-0.2, -0.15) is 0 Å². The van der Waals surface area contributed by atoms with Gasteiger partial charge in [0.05, 0.1) is 7.11 Å². The van der Waals surface area contributed by atoms with E-state index in [-0.39, 0.29) is 30.6 Å². The SMILES string of the molecule is COc1ccc(C(=O)CCCCC(=O)NC(Cc2ccc3c(c2)OCO3)[C@@H](C)N2CCCC2)cc1. The van der Waals surface area contributed by atoms with Gasteiger partial charge < -0.3 is 19.5 Å². The highest BCUT2D eigenvalue weighted by molar-refractivity contribution is 5.96. The number of hydrogen-bond donors (Lipinski definition) is 1. The van der Waals surface area contributed by atoms with Crippen LogP contribution >= 0.6 is 0 Å². The minimum atomic E-state index is 0.00176. The summed E-state index contributed by atoms with van der Waals surface area (Å²) < 4.78 is 16.1. The molecule has 2 heterocycles. The van der Waals surface area contributed by atoms with E-state index in [0.717, 1.165) is 42.3 Å². The van der Waals surface area contributed by atoms with Gasteiger partial charge in [0.25, 0.3) is 0 Å². The molecule has 0 aliphatic carbocycles. The third-order valence-electron chi connectivity index (χ3n) is 7.01. The van der Waals surface area contributed by atoms with E-state index in [0.29, 0.717) is 31.2 Å². The van der Waals surface area contributed by atoms with Crippen molar-refractivity contribution in [1.82, 2.24) is 10.2 Å². The van der Waals surface area contributed by atoms with Crippen molar-refractivity contribution in [2.24, 2.45) is 0 Å². The molecule has 2 atom stereocenters. The molecule has 0 aromatic heterocycles. The van der Waals surface area contributed by atoms with E-state index in [1.54, 1.807) is 31.4 Å². The van der Waals surface area contributed by atoms with Crippen LogP contribution in [-0.2, 0) is 11.2 Å². The van der Waals surface area contributed by atoms with Crippen LogP contribution in [0.5, 0.6) is 17.2 Å². The van der Waals surface area contributed by atoms with Crippen molar-refractivity contribution in [2.45, 2.75) is 64.0 Å². The second-order valence-electron chi connectivity index (χ2n) is 9.41. The lowest BCUT2D eigenvalue weighted by molar-refractivity contribution is -0.122. The summed E-state index contributed by atoms with van der Waals surface area (Å²) in [4.78, 5) is 27.7. The summed E-state index contributed by atoms with van der Waals surface area (Å²) >= 11 is 0. The minimum Gasteiger partial charge on any atom is -0.497 e. The monoisotopic (exact) mass is 480 g/mol. The predicted molar refractivity (Wildman–Crippen MR) is 134 cm³/mol. The summed E-state index contributed by atoms with van der Waals surface area (Å²) in [5.41, 5.74) is 1.80. The van der Waals surface area contributed by atoms with Crippen LogP contribution in [-0.4, -0.2) is 55.7 Å². The van der Waals surface area contributed by atoms with Crippen molar-refractivity contribution in [3.05, 3.63) is 53.6 Å². The number of amides is 1. The quantitative estimate of drug-likeness (QED) is 0.359. The van der Waals surface area contributed by atoms with Crippen LogP contribution in [0.2, 0.25) is 0 Å². The molecule has 2 aromatic rings. The highest BCUT2D eigenvalue weighted by Crippen LogP contribution is 2.33. The number of nitrogens with one attached hydrogen (secondary N) is 1. The lowest BCUT2D eigenvalue weighted by Gasteiger charge is -2.32. The Morgan fingerprint density at radius 3 is 2.46 bits per heavy atom. The maximum absolute atomic E-state index is 12.9. The molecular formula is C28H36N2O5. The Labute approximate surface area is 207 Å². The van der Waals surface area contributed by atoms with E-state index in [9.17, 15) is 9.59 Å². The lowest BCUT2D eigenvalue weighted by Crippen LogP contribution is -2.50. The number of fused-ring (bicyclic) bond motifs is 1. The van der Waals surface area contributed by atoms with Crippen LogP contribution < -0.4 is 19.5 Å². The number of benzene rings is 2. The smallest absolute Gasteiger partial charge is 0.231 e. The molecule has 1 saturated heterocycles.